The van der Waals surface area contributed by atoms with E-state index >= 15 is 0 Å². The number of nitrogens with one attached hydrogen (secondary N) is 1. The molecule has 1 N–H and O–H groups in total. The second kappa shape index (κ2) is 9.93. The van der Waals surface area contributed by atoms with Crippen molar-refractivity contribution < 1.29 is 14.3 Å². The molecule has 1 aromatic heterocycles. The van der Waals surface area contributed by atoms with E-state index in [2.05, 4.69) is 20.4 Å². The number of thioether (sulfide) groups is 1. The van der Waals surface area contributed by atoms with Crippen LogP contribution in [0.2, 0.25) is 5.02 Å². The standard InChI is InChI=1S/C23H24ClN5O3S/c24-17-7-1-2-8-18(17)29-22(28-11-5-6-12-28)26-27-23(29)33-15-21(30)25-13-16-14-31-19-9-3-4-10-20(19)32-16/h1-4,7-10,16H,5-6,11-15H2,(H,25,30)/t16-/m1/s1. The summed E-state index contributed by atoms with van der Waals surface area (Å²) in [7, 11) is 0. The number of aromatic nitrogens is 3. The fourth-order valence-electron chi connectivity index (χ4n) is 3.89. The summed E-state index contributed by atoms with van der Waals surface area (Å²) in [4.78, 5) is 14.8. The van der Waals surface area contributed by atoms with Gasteiger partial charge in [-0.3, -0.25) is 9.36 Å². The van der Waals surface area contributed by atoms with Gasteiger partial charge in [0.2, 0.25) is 11.9 Å². The van der Waals surface area contributed by atoms with Gasteiger partial charge < -0.3 is 19.7 Å². The van der Waals surface area contributed by atoms with Crippen LogP contribution in [0.5, 0.6) is 11.5 Å². The van der Waals surface area contributed by atoms with Crippen LogP contribution >= 0.6 is 23.4 Å². The minimum atomic E-state index is -0.234. The third-order valence-electron chi connectivity index (χ3n) is 5.53. The number of para-hydroxylation sites is 3. The number of hydrogen-bond donors (Lipinski definition) is 1. The van der Waals surface area contributed by atoms with Gasteiger partial charge in [-0.2, -0.15) is 0 Å². The number of carbonyl (C=O) groups excluding carboxylic acids is 1. The molecule has 1 saturated heterocycles. The number of hydrogen-bond acceptors (Lipinski definition) is 7. The van der Waals surface area contributed by atoms with Crippen LogP contribution in [0.4, 0.5) is 5.95 Å². The molecule has 2 aliphatic rings. The van der Waals surface area contributed by atoms with E-state index in [0.717, 1.165) is 43.3 Å². The minimum Gasteiger partial charge on any atom is -0.486 e. The summed E-state index contributed by atoms with van der Waals surface area (Å²) in [6.07, 6.45) is 2.01. The molecule has 0 aliphatic carbocycles. The van der Waals surface area contributed by atoms with Crippen molar-refractivity contribution in [1.29, 1.82) is 0 Å². The lowest BCUT2D eigenvalue weighted by Crippen LogP contribution is -2.41. The number of amides is 1. The normalized spacial score (nSPS) is 17.2. The molecule has 0 radical (unpaired) electrons. The fraction of sp³-hybridized carbons (Fsp3) is 0.348. The highest BCUT2D eigenvalue weighted by molar-refractivity contribution is 7.99. The third-order valence-corrected chi connectivity index (χ3v) is 6.77. The first kappa shape index (κ1) is 21.9. The topological polar surface area (TPSA) is 81.5 Å². The molecule has 0 unspecified atom stereocenters. The van der Waals surface area contributed by atoms with Crippen molar-refractivity contribution in [2.45, 2.75) is 24.1 Å². The van der Waals surface area contributed by atoms with Crippen molar-refractivity contribution in [3.63, 3.8) is 0 Å². The molecule has 2 aromatic carbocycles. The summed E-state index contributed by atoms with van der Waals surface area (Å²) in [5.74, 6) is 2.27. The second-order valence-electron chi connectivity index (χ2n) is 7.85. The predicted octanol–water partition coefficient (Wildman–Crippen LogP) is 3.57. The molecule has 5 rings (SSSR count). The third kappa shape index (κ3) is 4.89. The average Bonchev–Trinajstić information content (AvgIpc) is 3.51. The molecule has 8 nitrogen and oxygen atoms in total. The second-order valence-corrected chi connectivity index (χ2v) is 9.20. The summed E-state index contributed by atoms with van der Waals surface area (Å²) in [6, 6.07) is 15.1. The number of nitrogens with zero attached hydrogens (tertiary/aromatic N) is 4. The van der Waals surface area contributed by atoms with Crippen molar-refractivity contribution in [3.05, 3.63) is 53.6 Å². The van der Waals surface area contributed by atoms with Gasteiger partial charge in [0.1, 0.15) is 12.7 Å². The summed E-state index contributed by atoms with van der Waals surface area (Å²) in [6.45, 7) is 2.62. The van der Waals surface area contributed by atoms with E-state index in [-0.39, 0.29) is 17.8 Å². The van der Waals surface area contributed by atoms with Crippen LogP contribution < -0.4 is 19.7 Å². The molecule has 3 aromatic rings. The Balaban J connectivity index is 1.23. The zero-order chi connectivity index (χ0) is 22.6. The molecule has 0 spiro atoms. The van der Waals surface area contributed by atoms with Gasteiger partial charge in [0, 0.05) is 13.1 Å². The Morgan fingerprint density at radius 1 is 1.09 bits per heavy atom. The highest BCUT2D eigenvalue weighted by atomic mass is 35.5. The number of anilines is 1. The molecule has 1 fully saturated rings. The largest absolute Gasteiger partial charge is 0.486 e. The summed E-state index contributed by atoms with van der Waals surface area (Å²) < 4.78 is 13.6. The first-order valence-corrected chi connectivity index (χ1v) is 12.3. The Hall–Kier alpha value is -2.91. The molecule has 0 saturated carbocycles. The van der Waals surface area contributed by atoms with Crippen LogP contribution in [0.25, 0.3) is 5.69 Å². The summed E-state index contributed by atoms with van der Waals surface area (Å²) in [5.41, 5.74) is 0.806. The first-order valence-electron chi connectivity index (χ1n) is 10.9. The molecule has 1 atom stereocenters. The Morgan fingerprint density at radius 2 is 1.85 bits per heavy atom. The number of fused-ring (bicyclic) bond motifs is 1. The van der Waals surface area contributed by atoms with E-state index < -0.39 is 0 Å². The fourth-order valence-corrected chi connectivity index (χ4v) is 4.88. The Bertz CT molecular complexity index is 1130. The van der Waals surface area contributed by atoms with E-state index in [1.165, 1.54) is 11.8 Å². The maximum absolute atomic E-state index is 12.6. The van der Waals surface area contributed by atoms with E-state index in [1.54, 1.807) is 0 Å². The van der Waals surface area contributed by atoms with Crippen LogP contribution in [0, 0.1) is 0 Å². The molecule has 0 bridgehead atoms. The van der Waals surface area contributed by atoms with Crippen molar-refractivity contribution >= 4 is 35.2 Å². The first-order chi connectivity index (χ1) is 16.2. The van der Waals surface area contributed by atoms with Gasteiger partial charge in [0.05, 0.1) is 23.0 Å². The maximum atomic E-state index is 12.6. The monoisotopic (exact) mass is 485 g/mol. The maximum Gasteiger partial charge on any atom is 0.232 e. The highest BCUT2D eigenvalue weighted by Crippen LogP contribution is 2.32. The van der Waals surface area contributed by atoms with Gasteiger partial charge in [-0.05, 0) is 37.1 Å². The van der Waals surface area contributed by atoms with Gasteiger partial charge in [-0.15, -0.1) is 10.2 Å². The SMILES string of the molecule is O=C(CSc1nnc(N2CCCC2)n1-c1ccccc1Cl)NC[C@@H]1COc2ccccc2O1. The average molecular weight is 486 g/mol. The molecule has 10 heteroatoms. The summed E-state index contributed by atoms with van der Waals surface area (Å²) >= 11 is 7.82. The number of carbonyl (C=O) groups is 1. The van der Waals surface area contributed by atoms with Gasteiger partial charge in [0.25, 0.3) is 0 Å². The van der Waals surface area contributed by atoms with Crippen molar-refractivity contribution in [2.24, 2.45) is 0 Å². The van der Waals surface area contributed by atoms with Crippen LogP contribution in [0.1, 0.15) is 12.8 Å². The van der Waals surface area contributed by atoms with Crippen LogP contribution in [-0.2, 0) is 4.79 Å². The molecule has 3 heterocycles. The Kier molecular flexibility index (Phi) is 6.59. The molecule has 1 amide bonds. The summed E-state index contributed by atoms with van der Waals surface area (Å²) in [5, 5.41) is 13.0. The lowest BCUT2D eigenvalue weighted by atomic mass is 10.2. The molecule has 33 heavy (non-hydrogen) atoms. The van der Waals surface area contributed by atoms with Crippen molar-refractivity contribution in [2.75, 3.05) is 36.9 Å². The predicted molar refractivity (Wildman–Crippen MR) is 128 cm³/mol. The lowest BCUT2D eigenvalue weighted by Gasteiger charge is -2.26. The number of ether oxygens (including phenoxy) is 2. The zero-order valence-electron chi connectivity index (χ0n) is 17.9. The van der Waals surface area contributed by atoms with Gasteiger partial charge >= 0.3 is 0 Å². The Morgan fingerprint density at radius 3 is 2.67 bits per heavy atom. The van der Waals surface area contributed by atoms with Crippen LogP contribution in [0.3, 0.4) is 0 Å². The van der Waals surface area contributed by atoms with Crippen LogP contribution in [-0.4, -0.2) is 58.8 Å². The lowest BCUT2D eigenvalue weighted by molar-refractivity contribution is -0.119. The number of rotatable bonds is 7. The molecule has 172 valence electrons. The van der Waals surface area contributed by atoms with Crippen molar-refractivity contribution in [1.82, 2.24) is 20.1 Å². The highest BCUT2D eigenvalue weighted by Gasteiger charge is 2.25. The van der Waals surface area contributed by atoms with Crippen molar-refractivity contribution in [3.8, 4) is 17.2 Å². The van der Waals surface area contributed by atoms with Gasteiger partial charge in [-0.25, -0.2) is 0 Å². The van der Waals surface area contributed by atoms with E-state index in [1.807, 2.05) is 53.1 Å². The van der Waals surface area contributed by atoms with E-state index in [0.29, 0.717) is 29.1 Å². The number of halogens is 1. The smallest absolute Gasteiger partial charge is 0.232 e. The number of benzene rings is 2. The quantitative estimate of drug-likeness (QED) is 0.512. The van der Waals surface area contributed by atoms with Gasteiger partial charge in [0.15, 0.2) is 16.7 Å². The molecular weight excluding hydrogens is 462 g/mol. The minimum absolute atomic E-state index is 0.112. The molecule has 2 aliphatic heterocycles. The van der Waals surface area contributed by atoms with Crippen LogP contribution in [0.15, 0.2) is 53.7 Å². The van der Waals surface area contributed by atoms with Gasteiger partial charge in [-0.1, -0.05) is 47.6 Å². The zero-order valence-corrected chi connectivity index (χ0v) is 19.5. The Labute approximate surface area is 201 Å². The van der Waals surface area contributed by atoms with E-state index in [4.69, 9.17) is 21.1 Å². The molecular formula is C23H24ClN5O3S. The van der Waals surface area contributed by atoms with E-state index in [9.17, 15) is 4.79 Å².